The number of carbonyl (C=O) groups excluding carboxylic acids is 8. The number of hydrogen-bond donors (Lipinski definition) is 4. The van der Waals surface area contributed by atoms with Crippen LogP contribution in [0.1, 0.15) is 154 Å². The topological polar surface area (TPSA) is 387 Å². The van der Waals surface area contributed by atoms with Crippen LogP contribution in [0.4, 0.5) is 30.7 Å². The molecule has 1 heterocycles. The van der Waals surface area contributed by atoms with Gasteiger partial charge in [0.05, 0.1) is 102 Å². The average molecular weight is 1710 g/mol. The summed E-state index contributed by atoms with van der Waals surface area (Å²) in [6.45, 7) is 2.44. The Morgan fingerprint density at radius 1 is 0.397 bits per heavy atom. The van der Waals surface area contributed by atoms with Crippen LogP contribution in [0.15, 0.2) is 109 Å². The molecule has 7 aromatic carbocycles. The second-order valence-electron chi connectivity index (χ2n) is 26.4. The Morgan fingerprint density at radius 3 is 1.23 bits per heavy atom. The predicted molar refractivity (Wildman–Crippen MR) is 420 cm³/mol. The Morgan fingerprint density at radius 2 is 0.810 bits per heavy atom. The first kappa shape index (κ1) is 102. The zero-order valence-corrected chi connectivity index (χ0v) is 68.7. The van der Waals surface area contributed by atoms with Gasteiger partial charge in [-0.25, -0.2) is 30.7 Å². The van der Waals surface area contributed by atoms with Gasteiger partial charge < -0.3 is 72.5 Å². The van der Waals surface area contributed by atoms with Gasteiger partial charge in [0.25, 0.3) is 5.97 Å². The number of methoxy groups -OCH3 is 10. The van der Waals surface area contributed by atoms with Crippen LogP contribution in [0.25, 0.3) is 0 Å². The number of aliphatic carboxylic acids is 4. The lowest BCUT2D eigenvalue weighted by Gasteiger charge is -2.23. The van der Waals surface area contributed by atoms with Crippen LogP contribution in [-0.4, -0.2) is 163 Å². The largest absolute Gasteiger partial charge is 0.494 e. The zero-order valence-electron chi connectivity index (χ0n) is 68.7. The van der Waals surface area contributed by atoms with Crippen molar-refractivity contribution in [2.24, 2.45) is 17.8 Å². The number of cyclic esters (lactones) is 2. The summed E-state index contributed by atoms with van der Waals surface area (Å²) >= 11 is 0. The van der Waals surface area contributed by atoms with E-state index in [0.29, 0.717) is 87.3 Å². The van der Waals surface area contributed by atoms with Crippen LogP contribution >= 0.6 is 0 Å². The molecule has 0 radical (unpaired) electrons. The van der Waals surface area contributed by atoms with Crippen LogP contribution in [0.2, 0.25) is 0 Å². The number of hydrogen-bond acceptors (Lipinski definition) is 23. The number of Topliss-reactive ketones (excluding diaryl/α,β-unsaturated/α-hetero) is 3. The Kier molecular flexibility index (Phi) is 44.6. The minimum Gasteiger partial charge on any atom is -0.494 e. The molecule has 34 heteroatoms. The summed E-state index contributed by atoms with van der Waals surface area (Å²) in [6, 6.07) is 26.5. The molecule has 656 valence electrons. The van der Waals surface area contributed by atoms with Gasteiger partial charge in [0, 0.05) is 49.8 Å². The predicted octanol–water partition coefficient (Wildman–Crippen LogP) is 14.3. The number of esters is 5. The highest BCUT2D eigenvalue weighted by Gasteiger charge is 2.35. The minimum absolute atomic E-state index is 0.00705. The third-order valence-electron chi connectivity index (χ3n) is 18.2. The van der Waals surface area contributed by atoms with E-state index >= 15 is 0 Å². The van der Waals surface area contributed by atoms with Gasteiger partial charge in [0.15, 0.2) is 98.3 Å². The van der Waals surface area contributed by atoms with Crippen LogP contribution in [0.5, 0.6) is 40.2 Å². The van der Waals surface area contributed by atoms with Gasteiger partial charge in [-0.3, -0.25) is 57.5 Å². The molecule has 3 unspecified atom stereocenters. The van der Waals surface area contributed by atoms with Crippen molar-refractivity contribution < 1.29 is 161 Å². The molecule has 5 aliphatic rings. The van der Waals surface area contributed by atoms with Crippen LogP contribution in [-0.2, 0) is 107 Å². The first-order chi connectivity index (χ1) is 57.4. The van der Waals surface area contributed by atoms with Crippen LogP contribution in [0, 0.1) is 58.5 Å². The van der Waals surface area contributed by atoms with E-state index in [-0.39, 0.29) is 137 Å². The molecule has 0 spiro atoms. The highest BCUT2D eigenvalue weighted by molar-refractivity contribution is 6.10. The number of carbonyl (C=O) groups is 12. The van der Waals surface area contributed by atoms with Crippen molar-refractivity contribution in [2.75, 3.05) is 71.1 Å². The lowest BCUT2D eigenvalue weighted by molar-refractivity contribution is -0.152. The molecule has 3 atom stereocenters. The second-order valence-corrected chi connectivity index (χ2v) is 26.4. The minimum atomic E-state index is -1.05. The van der Waals surface area contributed by atoms with Gasteiger partial charge in [-0.1, -0.05) is 18.2 Å². The molecule has 0 aromatic heterocycles. The van der Waals surface area contributed by atoms with E-state index in [0.717, 1.165) is 59.2 Å². The number of ketones is 3. The fourth-order valence-corrected chi connectivity index (χ4v) is 11.9. The molecule has 4 N–H and O–H groups in total. The number of carboxylic acids is 4. The monoisotopic (exact) mass is 1710 g/mol. The third-order valence-corrected chi connectivity index (χ3v) is 18.2. The number of aryl methyl sites for hydroxylation is 5. The molecule has 0 bridgehead atoms. The Labute approximate surface area is 693 Å². The van der Waals surface area contributed by atoms with E-state index in [1.54, 1.807) is 42.5 Å². The molecule has 7 aromatic rings. The SMILES string of the molecule is CC(=O)O.COC(=O)C1CCc2cc(F)c(OC)cc2C1.COC(=O)C1CCc2cc(F)c(OC)cc2C1=O.COC(C)=O.COc1cc2c(cc1F)CCC(C(=O)O)C2.COc1cc2c(cc1F)CCCC2=O.COc1ccc(C(=O)CCC(=O)O)cc1F.COc1ccc(CCCC(=O)O)cc1F.COc1ccccc1F.O=C1CCC(=O)O1. The normalized spacial score (nSPS) is 14.4. The number of carboxylic acid groups (broad SMARTS) is 4. The van der Waals surface area contributed by atoms with Crippen molar-refractivity contribution in [3.05, 3.63) is 206 Å². The molecule has 12 rings (SSSR count). The molecule has 1 fully saturated rings. The van der Waals surface area contributed by atoms with Gasteiger partial charge in [0.1, 0.15) is 5.92 Å². The maximum Gasteiger partial charge on any atom is 0.316 e. The summed E-state index contributed by atoms with van der Waals surface area (Å²) in [4.78, 5) is 128. The van der Waals surface area contributed by atoms with Gasteiger partial charge in [0.2, 0.25) is 0 Å². The van der Waals surface area contributed by atoms with E-state index in [1.165, 1.54) is 139 Å². The maximum atomic E-state index is 13.5. The van der Waals surface area contributed by atoms with Crippen LogP contribution < -0.4 is 33.2 Å². The van der Waals surface area contributed by atoms with Gasteiger partial charge in [-0.05, 0) is 207 Å². The number of benzene rings is 7. The highest BCUT2D eigenvalue weighted by atomic mass is 19.2. The molecule has 27 nitrogen and oxygen atoms in total. The quantitative estimate of drug-likeness (QED) is 0.0204. The lowest BCUT2D eigenvalue weighted by atomic mass is 9.82. The van der Waals surface area contributed by atoms with E-state index in [2.05, 4.69) is 18.9 Å². The summed E-state index contributed by atoms with van der Waals surface area (Å²) in [6.07, 6.45) is 7.96. The van der Waals surface area contributed by atoms with Gasteiger partial charge in [-0.15, -0.1) is 0 Å². The number of rotatable bonds is 18. The summed E-state index contributed by atoms with van der Waals surface area (Å²) in [5.74, 6) is -9.06. The first-order valence-electron chi connectivity index (χ1n) is 37.2. The van der Waals surface area contributed by atoms with Crippen molar-refractivity contribution in [3.8, 4) is 40.2 Å². The summed E-state index contributed by atoms with van der Waals surface area (Å²) < 4.78 is 144. The van der Waals surface area contributed by atoms with Gasteiger partial charge in [-0.2, -0.15) is 0 Å². The van der Waals surface area contributed by atoms with Crippen LogP contribution in [0.3, 0.4) is 0 Å². The smallest absolute Gasteiger partial charge is 0.316 e. The standard InChI is InChI=1S/C13H13FO4.C13H15FO3.C12H13FO3.C11H11FO4.C11H13FO3.C11H11FO2.C7H7FO.C4H4O3.C3H6O2.C2H4O2/c1-17-11-6-9-7(5-10(11)14)3-4-8(12(9)15)13(16)18-2;1-16-12-7-10-5-9(13(15)17-2)4-3-8(10)6-11(12)14;1-16-11-6-9-4-8(12(14)15)3-2-7(9)5-10(11)13;1-16-10-4-2-7(6-8(10)12)9(13)3-5-11(14)15;1-15-10-6-5-8(7-9(10)12)3-2-4-11(13)14;1-14-11-6-8-7(5-9(11)12)3-2-4-10(8)13;1-9-7-5-3-2-4-6(7)8;5-3-1-2-4(6)7-3;1-3(4)5-2;1-2(3)4/h5-6,8H,3-4H2,1-2H3;6-7,9H,3-5H2,1-2H3;5-6,8H,2-4H2,1H3,(H,14,15);2,4,6H,3,5H2,1H3,(H,14,15);5-7H,2-4H2,1H3,(H,13,14);5-6H,2-4H2,1H3;2-5H,1H3;1-2H2;1-2H3;1H3,(H,3,4). The fourth-order valence-electron chi connectivity index (χ4n) is 11.9. The maximum absolute atomic E-state index is 13.5. The fraction of sp³-hybridized carbons (Fsp3) is 0.379. The van der Waals surface area contributed by atoms with E-state index in [4.69, 9.17) is 58.4 Å². The Hall–Kier alpha value is -12.9. The molecule has 0 saturated carbocycles. The Bertz CT molecular complexity index is 4720. The molecule has 1 aliphatic heterocycles. The summed E-state index contributed by atoms with van der Waals surface area (Å²) in [5, 5.41) is 33.2. The van der Waals surface area contributed by atoms with E-state index in [1.807, 2.05) is 0 Å². The second kappa shape index (κ2) is 52.8. The highest BCUT2D eigenvalue weighted by Crippen LogP contribution is 2.35. The first-order valence-corrected chi connectivity index (χ1v) is 37.2. The molecule has 121 heavy (non-hydrogen) atoms. The summed E-state index contributed by atoms with van der Waals surface area (Å²) in [7, 11) is 13.7. The molecule has 0 amide bonds. The zero-order chi connectivity index (χ0) is 90.8. The number of halogens is 7. The van der Waals surface area contributed by atoms with Crippen molar-refractivity contribution in [2.45, 2.75) is 129 Å². The third kappa shape index (κ3) is 34.5. The molecule has 1 saturated heterocycles. The van der Waals surface area contributed by atoms with Crippen molar-refractivity contribution >= 4 is 71.1 Å². The summed E-state index contributed by atoms with van der Waals surface area (Å²) in [5.41, 5.74) is 7.04. The van der Waals surface area contributed by atoms with Crippen molar-refractivity contribution in [1.82, 2.24) is 0 Å². The lowest BCUT2D eigenvalue weighted by Crippen LogP contribution is -2.30. The number of fused-ring (bicyclic) bond motifs is 4. The van der Waals surface area contributed by atoms with E-state index in [9.17, 15) is 83.5 Å². The Balaban J connectivity index is 0.000000355. The number of ether oxygens (including phenoxy) is 11. The molecular formula is C87H97F7O27. The average Bonchev–Trinajstić information content (AvgIpc) is 0.812. The van der Waals surface area contributed by atoms with E-state index < -0.39 is 70.9 Å². The molecule has 4 aliphatic carbocycles. The van der Waals surface area contributed by atoms with Crippen molar-refractivity contribution in [1.29, 1.82) is 0 Å². The number of para-hydroxylation sites is 1. The molecular weight excluding hydrogens is 1610 g/mol. The van der Waals surface area contributed by atoms with Crippen molar-refractivity contribution in [3.63, 3.8) is 0 Å². The van der Waals surface area contributed by atoms with Gasteiger partial charge >= 0.3 is 47.8 Å².